The average molecular weight is 391 g/mol. The van der Waals surface area contributed by atoms with Crippen LogP contribution < -0.4 is 11.2 Å². The Bertz CT molecular complexity index is 1430. The molecule has 1 unspecified atom stereocenters. The highest BCUT2D eigenvalue weighted by Crippen LogP contribution is 2.26. The van der Waals surface area contributed by atoms with Gasteiger partial charge < -0.3 is 14.7 Å². The van der Waals surface area contributed by atoms with Crippen LogP contribution in [0.3, 0.4) is 0 Å². The Hall–Kier alpha value is -4.13. The van der Waals surface area contributed by atoms with E-state index in [9.17, 15) is 20.0 Å². The first-order valence-corrected chi connectivity index (χ1v) is 8.76. The van der Waals surface area contributed by atoms with Crippen LogP contribution in [0.1, 0.15) is 18.8 Å². The number of hydrogen-bond donors (Lipinski definition) is 2. The maximum absolute atomic E-state index is 12.6. The van der Waals surface area contributed by atoms with Crippen molar-refractivity contribution in [3.8, 4) is 6.07 Å². The number of aliphatic hydroxyl groups excluding tert-OH is 1. The third-order valence-corrected chi connectivity index (χ3v) is 4.98. The van der Waals surface area contributed by atoms with E-state index in [4.69, 9.17) is 0 Å². The van der Waals surface area contributed by atoms with Crippen molar-refractivity contribution in [2.75, 3.05) is 0 Å². The van der Waals surface area contributed by atoms with Crippen LogP contribution in [0, 0.1) is 11.3 Å². The summed E-state index contributed by atoms with van der Waals surface area (Å²) in [6.07, 6.45) is 1.36. The van der Waals surface area contributed by atoms with Crippen molar-refractivity contribution in [2.24, 2.45) is 14.1 Å². The number of nitrogens with one attached hydrogen (secondary N) is 1. The topological polar surface area (TPSA) is 135 Å². The van der Waals surface area contributed by atoms with Crippen LogP contribution in [-0.2, 0) is 14.1 Å². The summed E-state index contributed by atoms with van der Waals surface area (Å²) in [6.45, 7) is 1.63. The number of para-hydroxylation sites is 2. The number of nitrogens with zero attached hydrogens (tertiary/aromatic N) is 6. The summed E-state index contributed by atoms with van der Waals surface area (Å²) in [5.41, 5.74) is 0.649. The van der Waals surface area contributed by atoms with Gasteiger partial charge in [-0.3, -0.25) is 13.9 Å². The molecule has 4 aromatic rings. The van der Waals surface area contributed by atoms with Gasteiger partial charge in [0, 0.05) is 14.1 Å². The van der Waals surface area contributed by atoms with Crippen molar-refractivity contribution in [3.05, 3.63) is 63.0 Å². The van der Waals surface area contributed by atoms with Gasteiger partial charge in [-0.15, -0.1) is 0 Å². The van der Waals surface area contributed by atoms with Crippen molar-refractivity contribution < 1.29 is 5.11 Å². The molecule has 0 amide bonds. The Morgan fingerprint density at radius 2 is 1.97 bits per heavy atom. The van der Waals surface area contributed by atoms with Gasteiger partial charge in [0.25, 0.3) is 5.56 Å². The molecule has 0 spiro atoms. The first-order chi connectivity index (χ1) is 13.8. The normalized spacial score (nSPS) is 13.4. The number of benzene rings is 1. The standard InChI is InChI=1S/C19H17N7O3/c1-10(26-9-21-17-14(26)18(28)25(3)19(29)24(17)2)15(27)11(8-20)16-22-12-6-4-5-7-13(12)23-16/h4-7,9-10,27H,1-3H3,(H,22,23)/b15-11-. The number of aliphatic hydroxyl groups is 1. The van der Waals surface area contributed by atoms with Crippen molar-refractivity contribution in [2.45, 2.75) is 13.0 Å². The van der Waals surface area contributed by atoms with Gasteiger partial charge in [0.2, 0.25) is 0 Å². The molecule has 10 heteroatoms. The maximum Gasteiger partial charge on any atom is 0.332 e. The van der Waals surface area contributed by atoms with Gasteiger partial charge in [0.05, 0.1) is 23.4 Å². The molecule has 0 saturated heterocycles. The third kappa shape index (κ3) is 2.63. The molecular formula is C19H17N7O3. The van der Waals surface area contributed by atoms with E-state index in [0.717, 1.165) is 10.1 Å². The van der Waals surface area contributed by atoms with E-state index in [1.807, 2.05) is 24.3 Å². The molecule has 4 rings (SSSR count). The number of aryl methyl sites for hydroxylation is 1. The summed E-state index contributed by atoms with van der Waals surface area (Å²) < 4.78 is 3.66. The van der Waals surface area contributed by atoms with Gasteiger partial charge in [-0.2, -0.15) is 5.26 Å². The summed E-state index contributed by atoms with van der Waals surface area (Å²) in [5.74, 6) is -0.0514. The molecule has 29 heavy (non-hydrogen) atoms. The number of hydrogen-bond acceptors (Lipinski definition) is 6. The van der Waals surface area contributed by atoms with E-state index >= 15 is 0 Å². The maximum atomic E-state index is 12.6. The number of allylic oxidation sites excluding steroid dienone is 2. The summed E-state index contributed by atoms with van der Waals surface area (Å²) in [5, 5.41) is 20.5. The highest BCUT2D eigenvalue weighted by molar-refractivity contribution is 5.83. The molecule has 0 fully saturated rings. The fourth-order valence-corrected chi connectivity index (χ4v) is 3.30. The predicted octanol–water partition coefficient (Wildman–Crippen LogP) is 1.36. The Kier molecular flexibility index (Phi) is 4.08. The second-order valence-corrected chi connectivity index (χ2v) is 6.68. The molecule has 1 atom stereocenters. The molecule has 0 aliphatic rings. The van der Waals surface area contributed by atoms with Crippen LogP contribution in [0.15, 0.2) is 45.9 Å². The Morgan fingerprint density at radius 3 is 2.66 bits per heavy atom. The average Bonchev–Trinajstić information content (AvgIpc) is 3.35. The molecule has 146 valence electrons. The van der Waals surface area contributed by atoms with Gasteiger partial charge in [-0.05, 0) is 19.1 Å². The third-order valence-electron chi connectivity index (χ3n) is 4.98. The zero-order valence-corrected chi connectivity index (χ0v) is 15.9. The van der Waals surface area contributed by atoms with Gasteiger partial charge in [-0.25, -0.2) is 14.8 Å². The van der Waals surface area contributed by atoms with Crippen molar-refractivity contribution in [1.29, 1.82) is 5.26 Å². The number of imidazole rings is 2. The number of nitriles is 1. The zero-order valence-electron chi connectivity index (χ0n) is 15.9. The molecule has 1 aromatic carbocycles. The molecule has 0 bridgehead atoms. The fourth-order valence-electron chi connectivity index (χ4n) is 3.30. The van der Waals surface area contributed by atoms with Gasteiger partial charge in [-0.1, -0.05) is 12.1 Å². The van der Waals surface area contributed by atoms with Crippen molar-refractivity contribution >= 4 is 27.8 Å². The van der Waals surface area contributed by atoms with Crippen molar-refractivity contribution in [3.63, 3.8) is 0 Å². The summed E-state index contributed by atoms with van der Waals surface area (Å²) >= 11 is 0. The van der Waals surface area contributed by atoms with E-state index in [-0.39, 0.29) is 28.3 Å². The van der Waals surface area contributed by atoms with Gasteiger partial charge in [0.1, 0.15) is 17.4 Å². The lowest BCUT2D eigenvalue weighted by Gasteiger charge is -2.15. The van der Waals surface area contributed by atoms with E-state index in [2.05, 4.69) is 15.0 Å². The summed E-state index contributed by atoms with van der Waals surface area (Å²) in [6, 6.07) is 8.44. The van der Waals surface area contributed by atoms with Gasteiger partial charge in [0.15, 0.2) is 17.0 Å². The van der Waals surface area contributed by atoms with Crippen LogP contribution in [0.2, 0.25) is 0 Å². The Labute approximate surface area is 163 Å². The quantitative estimate of drug-likeness (QED) is 0.400. The van der Waals surface area contributed by atoms with E-state index in [1.54, 1.807) is 13.0 Å². The number of H-pyrrole nitrogens is 1. The zero-order chi connectivity index (χ0) is 20.9. The molecule has 0 aliphatic heterocycles. The fraction of sp³-hybridized carbons (Fsp3) is 0.211. The molecule has 0 saturated carbocycles. The predicted molar refractivity (Wildman–Crippen MR) is 106 cm³/mol. The second-order valence-electron chi connectivity index (χ2n) is 6.68. The SMILES string of the molecule is CC(/C(O)=C(\C#N)c1nc2ccccc2[nH]1)n1cnc2c1c(=O)n(C)c(=O)n2C. The first-order valence-electron chi connectivity index (χ1n) is 8.76. The highest BCUT2D eigenvalue weighted by atomic mass is 16.3. The van der Waals surface area contributed by atoms with Gasteiger partial charge >= 0.3 is 5.69 Å². The molecule has 2 N–H and O–H groups in total. The molecule has 3 aromatic heterocycles. The number of fused-ring (bicyclic) bond motifs is 2. The minimum atomic E-state index is -0.798. The van der Waals surface area contributed by atoms with E-state index < -0.39 is 17.3 Å². The Balaban J connectivity index is 1.91. The van der Waals surface area contributed by atoms with Crippen LogP contribution in [0.5, 0.6) is 0 Å². The van der Waals surface area contributed by atoms with Crippen LogP contribution in [-0.4, -0.2) is 33.8 Å². The number of aromatic nitrogens is 6. The minimum absolute atomic E-state index is 0.0443. The second kappa shape index (κ2) is 6.49. The Morgan fingerprint density at radius 1 is 1.24 bits per heavy atom. The smallest absolute Gasteiger partial charge is 0.332 e. The molecule has 3 heterocycles. The molecule has 0 radical (unpaired) electrons. The highest BCUT2D eigenvalue weighted by Gasteiger charge is 2.23. The summed E-state index contributed by atoms with van der Waals surface area (Å²) in [4.78, 5) is 36.3. The lowest BCUT2D eigenvalue weighted by atomic mass is 10.1. The number of rotatable bonds is 3. The molecule has 10 nitrogen and oxygen atoms in total. The van der Waals surface area contributed by atoms with Crippen LogP contribution in [0.25, 0.3) is 27.8 Å². The summed E-state index contributed by atoms with van der Waals surface area (Å²) in [7, 11) is 2.88. The first kappa shape index (κ1) is 18.2. The van der Waals surface area contributed by atoms with Crippen LogP contribution in [0.4, 0.5) is 0 Å². The molecule has 0 aliphatic carbocycles. The van der Waals surface area contributed by atoms with Crippen LogP contribution >= 0.6 is 0 Å². The largest absolute Gasteiger partial charge is 0.509 e. The van der Waals surface area contributed by atoms with E-state index in [0.29, 0.717) is 5.52 Å². The monoisotopic (exact) mass is 391 g/mol. The minimum Gasteiger partial charge on any atom is -0.509 e. The molecular weight excluding hydrogens is 374 g/mol. The van der Waals surface area contributed by atoms with E-state index in [1.165, 1.54) is 29.6 Å². The lowest BCUT2D eigenvalue weighted by molar-refractivity contribution is 0.344. The number of aromatic amines is 1. The van der Waals surface area contributed by atoms with Crippen molar-refractivity contribution in [1.82, 2.24) is 28.7 Å². The lowest BCUT2D eigenvalue weighted by Crippen LogP contribution is -2.37.